The zero-order chi connectivity index (χ0) is 13.1. The van der Waals surface area contributed by atoms with Crippen LogP contribution in [0.4, 0.5) is 14.5 Å². The number of nitriles is 1. The van der Waals surface area contributed by atoms with Crippen molar-refractivity contribution in [1.29, 1.82) is 5.26 Å². The first-order chi connectivity index (χ1) is 8.61. The van der Waals surface area contributed by atoms with Crippen molar-refractivity contribution >= 4 is 5.69 Å². The maximum atomic E-state index is 13.3. The molecule has 0 amide bonds. The smallest absolute Gasteiger partial charge is 0.153 e. The Morgan fingerprint density at radius 3 is 2.56 bits per heavy atom. The molecule has 0 aliphatic heterocycles. The van der Waals surface area contributed by atoms with Gasteiger partial charge in [0.05, 0.1) is 5.56 Å². The third-order valence-electron chi connectivity index (χ3n) is 2.30. The summed E-state index contributed by atoms with van der Waals surface area (Å²) >= 11 is 0. The molecule has 90 valence electrons. The lowest BCUT2D eigenvalue weighted by atomic mass is 10.2. The van der Waals surface area contributed by atoms with Gasteiger partial charge in [0.15, 0.2) is 5.75 Å². The number of ether oxygens (including phenoxy) is 1. The molecule has 0 unspecified atom stereocenters. The summed E-state index contributed by atoms with van der Waals surface area (Å²) in [6.07, 6.45) is 0. The third-order valence-corrected chi connectivity index (χ3v) is 2.30. The van der Waals surface area contributed by atoms with Gasteiger partial charge < -0.3 is 10.5 Å². The molecule has 2 N–H and O–H groups in total. The van der Waals surface area contributed by atoms with Gasteiger partial charge in [-0.3, -0.25) is 0 Å². The number of nitrogens with zero attached hydrogens (tertiary/aromatic N) is 1. The molecule has 0 aliphatic carbocycles. The van der Waals surface area contributed by atoms with Crippen molar-refractivity contribution in [2.45, 2.75) is 0 Å². The van der Waals surface area contributed by atoms with Crippen LogP contribution in [0, 0.1) is 23.0 Å². The fraction of sp³-hybridized carbons (Fsp3) is 0. The fourth-order valence-corrected chi connectivity index (χ4v) is 1.38. The number of hydrogen-bond acceptors (Lipinski definition) is 3. The van der Waals surface area contributed by atoms with E-state index in [9.17, 15) is 8.78 Å². The number of anilines is 1. The quantitative estimate of drug-likeness (QED) is 0.827. The summed E-state index contributed by atoms with van der Waals surface area (Å²) < 4.78 is 31.7. The van der Waals surface area contributed by atoms with Crippen molar-refractivity contribution in [2.75, 3.05) is 5.73 Å². The van der Waals surface area contributed by atoms with Crippen LogP contribution in [0.3, 0.4) is 0 Å². The lowest BCUT2D eigenvalue weighted by Gasteiger charge is -2.09. The maximum Gasteiger partial charge on any atom is 0.153 e. The highest BCUT2D eigenvalue weighted by Crippen LogP contribution is 2.29. The second-order valence-corrected chi connectivity index (χ2v) is 3.51. The first-order valence-corrected chi connectivity index (χ1v) is 5.03. The van der Waals surface area contributed by atoms with Crippen LogP contribution in [0.25, 0.3) is 0 Å². The van der Waals surface area contributed by atoms with E-state index in [2.05, 4.69) is 0 Å². The zero-order valence-corrected chi connectivity index (χ0v) is 9.15. The van der Waals surface area contributed by atoms with Crippen molar-refractivity contribution in [3.05, 3.63) is 53.6 Å². The molecule has 0 spiro atoms. The van der Waals surface area contributed by atoms with Crippen molar-refractivity contribution in [1.82, 2.24) is 0 Å². The average Bonchev–Trinajstić information content (AvgIpc) is 2.35. The van der Waals surface area contributed by atoms with Crippen LogP contribution in [-0.4, -0.2) is 0 Å². The van der Waals surface area contributed by atoms with Gasteiger partial charge in [-0.2, -0.15) is 5.26 Å². The standard InChI is InChI=1S/C13H8F2N2O/c14-10-2-1-3-12(13(10)17)18-9-5-4-8(7-16)11(15)6-9/h1-6H,17H2. The maximum absolute atomic E-state index is 13.3. The molecule has 0 bridgehead atoms. The predicted molar refractivity (Wildman–Crippen MR) is 62.0 cm³/mol. The Kier molecular flexibility index (Phi) is 3.11. The molecule has 0 radical (unpaired) electrons. The van der Waals surface area contributed by atoms with Gasteiger partial charge in [-0.05, 0) is 24.3 Å². The number of halogens is 2. The van der Waals surface area contributed by atoms with Crippen LogP contribution >= 0.6 is 0 Å². The van der Waals surface area contributed by atoms with E-state index in [0.29, 0.717) is 0 Å². The summed E-state index contributed by atoms with van der Waals surface area (Å²) in [6, 6.07) is 9.52. The lowest BCUT2D eigenvalue weighted by molar-refractivity contribution is 0.474. The minimum atomic E-state index is -0.704. The molecule has 2 aromatic carbocycles. The van der Waals surface area contributed by atoms with Crippen LogP contribution in [0.1, 0.15) is 5.56 Å². The van der Waals surface area contributed by atoms with E-state index in [1.54, 1.807) is 6.07 Å². The third kappa shape index (κ3) is 2.23. The summed E-state index contributed by atoms with van der Waals surface area (Å²) in [6.45, 7) is 0. The van der Waals surface area contributed by atoms with Gasteiger partial charge in [-0.15, -0.1) is 0 Å². The monoisotopic (exact) mass is 246 g/mol. The summed E-state index contributed by atoms with van der Waals surface area (Å²) in [5.74, 6) is -1.07. The van der Waals surface area contributed by atoms with E-state index in [1.165, 1.54) is 30.3 Å². The van der Waals surface area contributed by atoms with Crippen molar-refractivity contribution in [3.63, 3.8) is 0 Å². The van der Waals surface area contributed by atoms with Gasteiger partial charge in [-0.25, -0.2) is 8.78 Å². The number of benzene rings is 2. The largest absolute Gasteiger partial charge is 0.455 e. The molecule has 5 heteroatoms. The molecule has 0 aliphatic rings. The van der Waals surface area contributed by atoms with Crippen molar-refractivity contribution < 1.29 is 13.5 Å². The van der Waals surface area contributed by atoms with Gasteiger partial charge in [0.2, 0.25) is 0 Å². The first-order valence-electron chi connectivity index (χ1n) is 5.03. The topological polar surface area (TPSA) is 59.0 Å². The highest BCUT2D eigenvalue weighted by atomic mass is 19.1. The van der Waals surface area contributed by atoms with Crippen molar-refractivity contribution in [3.8, 4) is 17.6 Å². The van der Waals surface area contributed by atoms with Gasteiger partial charge in [0.25, 0.3) is 0 Å². The van der Waals surface area contributed by atoms with Crippen LogP contribution < -0.4 is 10.5 Å². The van der Waals surface area contributed by atoms with Crippen molar-refractivity contribution in [2.24, 2.45) is 0 Å². The first kappa shape index (κ1) is 11.9. The predicted octanol–water partition coefficient (Wildman–Crippen LogP) is 3.21. The number of rotatable bonds is 2. The van der Waals surface area contributed by atoms with Gasteiger partial charge in [0, 0.05) is 6.07 Å². The molecule has 0 saturated heterocycles. The Morgan fingerprint density at radius 2 is 1.89 bits per heavy atom. The second kappa shape index (κ2) is 4.72. The van der Waals surface area contributed by atoms with E-state index >= 15 is 0 Å². The number of para-hydroxylation sites is 1. The SMILES string of the molecule is N#Cc1ccc(Oc2cccc(F)c2N)cc1F. The molecule has 3 nitrogen and oxygen atoms in total. The van der Waals surface area contributed by atoms with E-state index in [1.807, 2.05) is 0 Å². The van der Waals surface area contributed by atoms with E-state index in [4.69, 9.17) is 15.7 Å². The van der Waals surface area contributed by atoms with Crippen LogP contribution in [0.2, 0.25) is 0 Å². The van der Waals surface area contributed by atoms with Gasteiger partial charge in [0.1, 0.15) is 29.1 Å². The second-order valence-electron chi connectivity index (χ2n) is 3.51. The number of nitrogen functional groups attached to an aromatic ring is 1. The Morgan fingerprint density at radius 1 is 1.11 bits per heavy atom. The fourth-order valence-electron chi connectivity index (χ4n) is 1.38. The Hall–Kier alpha value is -2.61. The number of nitrogens with two attached hydrogens (primary N) is 1. The average molecular weight is 246 g/mol. The lowest BCUT2D eigenvalue weighted by Crippen LogP contribution is -1.95. The molecule has 0 heterocycles. The normalized spacial score (nSPS) is 9.83. The molecular weight excluding hydrogens is 238 g/mol. The highest BCUT2D eigenvalue weighted by Gasteiger charge is 2.08. The van der Waals surface area contributed by atoms with E-state index in [-0.39, 0.29) is 22.7 Å². The minimum absolute atomic E-state index is 0.0884. The van der Waals surface area contributed by atoms with E-state index < -0.39 is 11.6 Å². The molecule has 2 aromatic rings. The Labute approximate surface area is 102 Å². The molecule has 18 heavy (non-hydrogen) atoms. The molecule has 0 saturated carbocycles. The Balaban J connectivity index is 2.32. The molecule has 0 fully saturated rings. The van der Waals surface area contributed by atoms with Crippen LogP contribution in [-0.2, 0) is 0 Å². The number of hydrogen-bond donors (Lipinski definition) is 1. The molecular formula is C13H8F2N2O. The summed E-state index contributed by atoms with van der Waals surface area (Å²) in [7, 11) is 0. The summed E-state index contributed by atoms with van der Waals surface area (Å²) in [5, 5.41) is 8.58. The summed E-state index contributed by atoms with van der Waals surface area (Å²) in [4.78, 5) is 0. The van der Waals surface area contributed by atoms with Gasteiger partial charge in [-0.1, -0.05) is 6.07 Å². The van der Waals surface area contributed by atoms with Gasteiger partial charge >= 0.3 is 0 Å². The van der Waals surface area contributed by atoms with Crippen LogP contribution in [0.5, 0.6) is 11.5 Å². The minimum Gasteiger partial charge on any atom is -0.455 e. The zero-order valence-electron chi connectivity index (χ0n) is 9.15. The molecule has 2 rings (SSSR count). The summed E-state index contributed by atoms with van der Waals surface area (Å²) in [5.41, 5.74) is 5.24. The highest BCUT2D eigenvalue weighted by molar-refractivity contribution is 5.55. The van der Waals surface area contributed by atoms with Crippen LogP contribution in [0.15, 0.2) is 36.4 Å². The van der Waals surface area contributed by atoms with E-state index in [0.717, 1.165) is 6.07 Å². The Bertz CT molecular complexity index is 635. The molecule has 0 aromatic heterocycles. The molecule has 0 atom stereocenters.